The Bertz CT molecular complexity index is 751. The number of nitrogens with one attached hydrogen (secondary N) is 1. The zero-order valence-electron chi connectivity index (χ0n) is 13.1. The summed E-state index contributed by atoms with van der Waals surface area (Å²) in [7, 11) is 0. The van der Waals surface area contributed by atoms with E-state index >= 15 is 0 Å². The second-order valence-electron chi connectivity index (χ2n) is 5.71. The van der Waals surface area contributed by atoms with E-state index in [0.717, 1.165) is 0 Å². The monoisotopic (exact) mass is 287 g/mol. The molecule has 0 aliphatic heterocycles. The van der Waals surface area contributed by atoms with Crippen LogP contribution in [0.2, 0.25) is 0 Å². The van der Waals surface area contributed by atoms with Crippen molar-refractivity contribution < 1.29 is 0 Å². The number of aryl methyl sites for hydroxylation is 2. The number of H-pyrrole nitrogens is 1. The Kier molecular flexibility index (Phi) is 4.24. The summed E-state index contributed by atoms with van der Waals surface area (Å²) < 4.78 is 0. The van der Waals surface area contributed by atoms with E-state index in [1.807, 2.05) is 6.07 Å². The van der Waals surface area contributed by atoms with Crippen molar-refractivity contribution in [3.8, 4) is 0 Å². The standard InChI is InChI=1S/C21H21N/c1-16-15-17(2)22-21(16)20(19-11-7-4-8-12-19)14-13-18-9-5-3-6-10-18/h3-15,20,22H,1-2H3/b14-13+. The van der Waals surface area contributed by atoms with Crippen molar-refractivity contribution >= 4 is 6.08 Å². The van der Waals surface area contributed by atoms with Crippen molar-refractivity contribution in [1.82, 2.24) is 4.98 Å². The van der Waals surface area contributed by atoms with Crippen molar-refractivity contribution in [3.05, 3.63) is 101 Å². The van der Waals surface area contributed by atoms with Gasteiger partial charge < -0.3 is 4.98 Å². The van der Waals surface area contributed by atoms with Gasteiger partial charge in [-0.1, -0.05) is 72.8 Å². The zero-order valence-corrected chi connectivity index (χ0v) is 13.1. The molecule has 1 nitrogen and oxygen atoms in total. The molecule has 1 atom stereocenters. The highest BCUT2D eigenvalue weighted by molar-refractivity contribution is 5.53. The highest BCUT2D eigenvalue weighted by Crippen LogP contribution is 2.29. The van der Waals surface area contributed by atoms with E-state index in [9.17, 15) is 0 Å². The van der Waals surface area contributed by atoms with Gasteiger partial charge in [0.15, 0.2) is 0 Å². The van der Waals surface area contributed by atoms with E-state index < -0.39 is 0 Å². The Morgan fingerprint density at radius 1 is 0.864 bits per heavy atom. The molecule has 110 valence electrons. The quantitative estimate of drug-likeness (QED) is 0.654. The van der Waals surface area contributed by atoms with Crippen molar-refractivity contribution in [2.75, 3.05) is 0 Å². The summed E-state index contributed by atoms with van der Waals surface area (Å²) in [6.07, 6.45) is 4.48. The van der Waals surface area contributed by atoms with Gasteiger partial charge in [-0.15, -0.1) is 0 Å². The molecule has 0 fully saturated rings. The molecule has 0 aliphatic carbocycles. The highest BCUT2D eigenvalue weighted by Gasteiger charge is 2.15. The predicted molar refractivity (Wildman–Crippen MR) is 94.0 cm³/mol. The van der Waals surface area contributed by atoms with E-state index in [-0.39, 0.29) is 5.92 Å². The molecule has 3 rings (SSSR count). The number of allylic oxidation sites excluding steroid dienone is 1. The molecule has 0 aliphatic rings. The molecule has 2 aromatic carbocycles. The first-order valence-corrected chi connectivity index (χ1v) is 7.68. The van der Waals surface area contributed by atoms with Crippen LogP contribution in [0.4, 0.5) is 0 Å². The van der Waals surface area contributed by atoms with Gasteiger partial charge in [0, 0.05) is 17.3 Å². The van der Waals surface area contributed by atoms with Crippen LogP contribution in [-0.4, -0.2) is 4.98 Å². The molecule has 1 heterocycles. The van der Waals surface area contributed by atoms with Gasteiger partial charge in [0.05, 0.1) is 0 Å². The fraction of sp³-hybridized carbons (Fsp3) is 0.143. The Hall–Kier alpha value is -2.54. The van der Waals surface area contributed by atoms with Gasteiger partial charge in [0.1, 0.15) is 0 Å². The summed E-state index contributed by atoms with van der Waals surface area (Å²) in [5.41, 5.74) is 6.32. The minimum absolute atomic E-state index is 0.245. The van der Waals surface area contributed by atoms with E-state index in [1.54, 1.807) is 0 Å². The molecule has 22 heavy (non-hydrogen) atoms. The van der Waals surface area contributed by atoms with E-state index in [2.05, 4.69) is 91.6 Å². The lowest BCUT2D eigenvalue weighted by Gasteiger charge is -2.14. The van der Waals surface area contributed by atoms with Crippen molar-refractivity contribution in [3.63, 3.8) is 0 Å². The number of aromatic amines is 1. The summed E-state index contributed by atoms with van der Waals surface area (Å²) in [6, 6.07) is 23.3. The van der Waals surface area contributed by atoms with Gasteiger partial charge in [-0.25, -0.2) is 0 Å². The predicted octanol–water partition coefficient (Wildman–Crippen LogP) is 5.48. The lowest BCUT2D eigenvalue weighted by molar-refractivity contribution is 0.954. The molecule has 0 spiro atoms. The van der Waals surface area contributed by atoms with Gasteiger partial charge in [0.2, 0.25) is 0 Å². The number of aromatic nitrogens is 1. The summed E-state index contributed by atoms with van der Waals surface area (Å²) >= 11 is 0. The van der Waals surface area contributed by atoms with Crippen molar-refractivity contribution in [1.29, 1.82) is 0 Å². The zero-order chi connectivity index (χ0) is 15.4. The Balaban J connectivity index is 2.00. The average molecular weight is 287 g/mol. The lowest BCUT2D eigenvalue weighted by Crippen LogP contribution is -2.00. The summed E-state index contributed by atoms with van der Waals surface area (Å²) in [5, 5.41) is 0. The Morgan fingerprint density at radius 3 is 2.09 bits per heavy atom. The van der Waals surface area contributed by atoms with E-state index in [4.69, 9.17) is 0 Å². The molecule has 0 saturated carbocycles. The summed E-state index contributed by atoms with van der Waals surface area (Å²) in [5.74, 6) is 0.245. The molecule has 1 N–H and O–H groups in total. The topological polar surface area (TPSA) is 15.8 Å². The van der Waals surface area contributed by atoms with E-state index in [1.165, 1.54) is 28.1 Å². The van der Waals surface area contributed by atoms with E-state index in [0.29, 0.717) is 0 Å². The SMILES string of the molecule is Cc1cc(C)c(C(/C=C/c2ccccc2)c2ccccc2)[nH]1. The van der Waals surface area contributed by atoms with Crippen LogP contribution < -0.4 is 0 Å². The summed E-state index contributed by atoms with van der Waals surface area (Å²) in [6.45, 7) is 4.28. The number of hydrogen-bond acceptors (Lipinski definition) is 0. The van der Waals surface area contributed by atoms with Gasteiger partial charge in [0.25, 0.3) is 0 Å². The van der Waals surface area contributed by atoms with Gasteiger partial charge in [-0.3, -0.25) is 0 Å². The molecule has 1 unspecified atom stereocenters. The van der Waals surface area contributed by atoms with Crippen LogP contribution in [0.3, 0.4) is 0 Å². The third-order valence-electron chi connectivity index (χ3n) is 3.94. The third kappa shape index (κ3) is 3.20. The van der Waals surface area contributed by atoms with Crippen LogP contribution in [0.15, 0.2) is 72.8 Å². The van der Waals surface area contributed by atoms with Crippen LogP contribution >= 0.6 is 0 Å². The first-order valence-electron chi connectivity index (χ1n) is 7.68. The molecular formula is C21H21N. The fourth-order valence-corrected chi connectivity index (χ4v) is 2.88. The van der Waals surface area contributed by atoms with Crippen LogP contribution in [0.1, 0.15) is 34.0 Å². The van der Waals surface area contributed by atoms with Crippen LogP contribution in [0, 0.1) is 13.8 Å². The lowest BCUT2D eigenvalue weighted by atomic mass is 9.92. The highest BCUT2D eigenvalue weighted by atomic mass is 14.7. The molecule has 1 heteroatoms. The Morgan fingerprint density at radius 2 is 1.50 bits per heavy atom. The van der Waals surface area contributed by atoms with Gasteiger partial charge in [-0.2, -0.15) is 0 Å². The molecule has 0 amide bonds. The third-order valence-corrected chi connectivity index (χ3v) is 3.94. The minimum Gasteiger partial charge on any atom is -0.362 e. The molecule has 0 saturated heterocycles. The molecule has 1 aromatic heterocycles. The van der Waals surface area contributed by atoms with Crippen LogP contribution in [0.25, 0.3) is 6.08 Å². The number of rotatable bonds is 4. The Labute approximate surface area is 132 Å². The van der Waals surface area contributed by atoms with Crippen molar-refractivity contribution in [2.45, 2.75) is 19.8 Å². The first-order chi connectivity index (χ1) is 10.7. The van der Waals surface area contributed by atoms with Gasteiger partial charge in [-0.05, 0) is 36.6 Å². The first kappa shape index (κ1) is 14.4. The average Bonchev–Trinajstić information content (AvgIpc) is 2.88. The summed E-state index contributed by atoms with van der Waals surface area (Å²) in [4.78, 5) is 3.53. The number of hydrogen-bond donors (Lipinski definition) is 1. The largest absolute Gasteiger partial charge is 0.362 e. The van der Waals surface area contributed by atoms with Crippen molar-refractivity contribution in [2.24, 2.45) is 0 Å². The minimum atomic E-state index is 0.245. The van der Waals surface area contributed by atoms with Gasteiger partial charge >= 0.3 is 0 Å². The molecule has 3 aromatic rings. The second-order valence-corrected chi connectivity index (χ2v) is 5.71. The van der Waals surface area contributed by atoms with Crippen LogP contribution in [-0.2, 0) is 0 Å². The maximum atomic E-state index is 3.53. The molecule has 0 bridgehead atoms. The van der Waals surface area contributed by atoms with Crippen LogP contribution in [0.5, 0.6) is 0 Å². The fourth-order valence-electron chi connectivity index (χ4n) is 2.88. The maximum absolute atomic E-state index is 3.53. The molecular weight excluding hydrogens is 266 g/mol. The normalized spacial score (nSPS) is 12.6. The maximum Gasteiger partial charge on any atom is 0.0426 e. The number of benzene rings is 2. The molecule has 0 radical (unpaired) electrons. The smallest absolute Gasteiger partial charge is 0.0426 e. The second kappa shape index (κ2) is 6.48.